The molecule has 0 unspecified atom stereocenters. The molecule has 0 saturated carbocycles. The summed E-state index contributed by atoms with van der Waals surface area (Å²) in [5, 5.41) is 9.17. The van der Waals surface area contributed by atoms with Crippen molar-refractivity contribution in [2.45, 2.75) is 9.79 Å². The van der Waals surface area contributed by atoms with E-state index in [1.807, 2.05) is 0 Å². The van der Waals surface area contributed by atoms with Gasteiger partial charge in [-0.3, -0.25) is 0 Å². The molecule has 2 rings (SSSR count). The Hall–Kier alpha value is -0.429. The van der Waals surface area contributed by atoms with Crippen molar-refractivity contribution in [3.63, 3.8) is 0 Å². The first-order chi connectivity index (χ1) is 8.59. The fourth-order valence-electron chi connectivity index (χ4n) is 1.64. The molecule has 2 aromatic rings. The zero-order valence-electron chi connectivity index (χ0n) is 13.8. The summed E-state index contributed by atoms with van der Waals surface area (Å²) in [6.45, 7) is 0. The van der Waals surface area contributed by atoms with E-state index in [2.05, 4.69) is 0 Å². The minimum Gasteiger partial charge on any atom is -0.744 e. The monoisotopic (exact) mass is 584 g/mol. The van der Waals surface area contributed by atoms with Gasteiger partial charge in [-0.05, 0) is 29.7 Å². The maximum Gasteiger partial charge on any atom is 2.00 e. The van der Waals surface area contributed by atoms with Crippen LogP contribution >= 0.6 is 0 Å². The minimum absolute atomic E-state index is 0. The first-order valence-electron chi connectivity index (χ1n) is 4.77. The zero-order valence-corrected chi connectivity index (χ0v) is 19.9. The molecule has 2 aromatic carbocycles. The second kappa shape index (κ2) is 17.4. The van der Waals surface area contributed by atoms with Gasteiger partial charge in [0.05, 0.1) is 9.79 Å². The van der Waals surface area contributed by atoms with Crippen LogP contribution in [0.2, 0.25) is 0 Å². The van der Waals surface area contributed by atoms with Crippen molar-refractivity contribution >= 4 is 79.9 Å². The van der Waals surface area contributed by atoms with E-state index in [1.165, 1.54) is 12.1 Å². The zero-order chi connectivity index (χ0) is 14.4. The van der Waals surface area contributed by atoms with Crippen molar-refractivity contribution < 1.29 is 74.9 Å². The molecule has 0 bridgehead atoms. The normalized spacial score (nSPS) is 8.64. The second-order valence-corrected chi connectivity index (χ2v) is 6.46. The van der Waals surface area contributed by atoms with Gasteiger partial charge in [0, 0.05) is 5.39 Å². The third-order valence-corrected chi connectivity index (χ3v) is 4.12. The number of phenolic OH excluding ortho intramolecular Hbond substituents is 1. The Kier molecular flexibility index (Phi) is 31.6. The predicted molar refractivity (Wildman–Crippen MR) is 96.2 cm³/mol. The molecular formula is C10H22BaO15S2. The summed E-state index contributed by atoms with van der Waals surface area (Å²) in [4.78, 5) is -1.68. The number of rotatable bonds is 2. The number of hydrogen-bond acceptors (Lipinski definition) is 7. The molecule has 166 valence electrons. The van der Waals surface area contributed by atoms with Gasteiger partial charge in [-0.25, -0.2) is 16.8 Å². The Morgan fingerprint density at radius 1 is 0.679 bits per heavy atom. The molecule has 0 radical (unpaired) electrons. The quantitative estimate of drug-likeness (QED) is 0.262. The summed E-state index contributed by atoms with van der Waals surface area (Å²) >= 11 is 0. The topological polar surface area (TPSA) is 387 Å². The van der Waals surface area contributed by atoms with Crippen LogP contribution in [-0.2, 0) is 20.2 Å². The van der Waals surface area contributed by atoms with E-state index in [0.29, 0.717) is 6.07 Å². The van der Waals surface area contributed by atoms with E-state index in [1.54, 1.807) is 0 Å². The third-order valence-electron chi connectivity index (χ3n) is 2.43. The molecule has 28 heavy (non-hydrogen) atoms. The third kappa shape index (κ3) is 11.5. The van der Waals surface area contributed by atoms with Crippen molar-refractivity contribution in [1.82, 2.24) is 0 Å². The van der Waals surface area contributed by atoms with E-state index >= 15 is 0 Å². The first kappa shape index (κ1) is 50.8. The van der Waals surface area contributed by atoms with Crippen LogP contribution < -0.4 is 0 Å². The van der Waals surface area contributed by atoms with Crippen LogP contribution in [0, 0.1) is 0 Å². The Bertz CT molecular complexity index is 881. The van der Waals surface area contributed by atoms with Crippen LogP contribution in [0.4, 0.5) is 0 Å². The second-order valence-electron chi connectivity index (χ2n) is 3.74. The Morgan fingerprint density at radius 2 is 1.11 bits per heavy atom. The van der Waals surface area contributed by atoms with Gasteiger partial charge in [-0.1, -0.05) is 6.07 Å². The van der Waals surface area contributed by atoms with E-state index in [0.717, 1.165) is 12.1 Å². The number of phenols is 1. The molecular weight excluding hydrogens is 562 g/mol. The van der Waals surface area contributed by atoms with Crippen molar-refractivity contribution in [2.75, 3.05) is 0 Å². The summed E-state index contributed by atoms with van der Waals surface area (Å²) in [6.07, 6.45) is 0. The molecule has 0 aromatic heterocycles. The summed E-state index contributed by atoms with van der Waals surface area (Å²) < 4.78 is 66.1. The SMILES string of the molecule is O.O.O.O.O.O.O.O.O=S(=O)([O-])c1cc(S(=O)(=O)[O-])c2cc(O)ccc2c1.[Ba+2]. The average Bonchev–Trinajstić information content (AvgIpc) is 2.24. The molecule has 0 spiro atoms. The van der Waals surface area contributed by atoms with E-state index in [-0.39, 0.29) is 109 Å². The van der Waals surface area contributed by atoms with Crippen molar-refractivity contribution in [3.8, 4) is 5.75 Å². The van der Waals surface area contributed by atoms with Gasteiger partial charge < -0.3 is 58.0 Å². The standard InChI is InChI=1S/C10H8O7S2.Ba.8H2O/c11-7-2-1-6-3-8(18(12,13)14)5-10(9(6)4-7)19(15,16)17;;;;;;;;;/h1-5,11H,(H,12,13,14)(H,15,16,17);;8*1H2/q;+2;;;;;;;;/p-2. The average molecular weight is 584 g/mol. The van der Waals surface area contributed by atoms with Crippen molar-refractivity contribution in [1.29, 1.82) is 0 Å². The van der Waals surface area contributed by atoms with Gasteiger partial charge >= 0.3 is 48.9 Å². The minimum atomic E-state index is -4.99. The van der Waals surface area contributed by atoms with Gasteiger partial charge in [-0.2, -0.15) is 0 Å². The van der Waals surface area contributed by atoms with Crippen LogP contribution in [0.25, 0.3) is 10.8 Å². The molecule has 0 amide bonds. The predicted octanol–water partition coefficient (Wildman–Crippen LogP) is -6.62. The maximum atomic E-state index is 11.1. The van der Waals surface area contributed by atoms with Gasteiger partial charge in [0.1, 0.15) is 26.0 Å². The van der Waals surface area contributed by atoms with Crippen LogP contribution in [0.5, 0.6) is 5.75 Å². The number of hydrogen-bond donors (Lipinski definition) is 1. The van der Waals surface area contributed by atoms with Crippen LogP contribution in [0.1, 0.15) is 0 Å². The van der Waals surface area contributed by atoms with Crippen molar-refractivity contribution in [3.05, 3.63) is 30.3 Å². The molecule has 0 aliphatic carbocycles. The fraction of sp³-hybridized carbons (Fsp3) is 0. The summed E-state index contributed by atoms with van der Waals surface area (Å²) in [5.41, 5.74) is 0. The summed E-state index contributed by atoms with van der Waals surface area (Å²) in [7, 11) is -9.90. The maximum absolute atomic E-state index is 11.1. The van der Waals surface area contributed by atoms with E-state index in [4.69, 9.17) is 0 Å². The number of benzene rings is 2. The van der Waals surface area contributed by atoms with Crippen molar-refractivity contribution in [2.24, 2.45) is 0 Å². The fourth-order valence-corrected chi connectivity index (χ4v) is 2.96. The Labute approximate surface area is 199 Å². The molecule has 0 atom stereocenters. The van der Waals surface area contributed by atoms with Crippen LogP contribution in [0.3, 0.4) is 0 Å². The molecule has 0 aliphatic heterocycles. The van der Waals surface area contributed by atoms with Gasteiger partial charge in [0.25, 0.3) is 0 Å². The smallest absolute Gasteiger partial charge is 0.744 e. The van der Waals surface area contributed by atoms with Gasteiger partial charge in [0.2, 0.25) is 0 Å². The van der Waals surface area contributed by atoms with Gasteiger partial charge in [-0.15, -0.1) is 0 Å². The Morgan fingerprint density at radius 3 is 1.46 bits per heavy atom. The summed E-state index contributed by atoms with van der Waals surface area (Å²) in [5.74, 6) is -0.296. The van der Waals surface area contributed by atoms with Gasteiger partial charge in [0.15, 0.2) is 0 Å². The number of fused-ring (bicyclic) bond motifs is 1. The van der Waals surface area contributed by atoms with Crippen LogP contribution in [-0.4, -0.2) is 124 Å². The summed E-state index contributed by atoms with van der Waals surface area (Å²) in [6, 6.07) is 4.80. The largest absolute Gasteiger partial charge is 2.00 e. The van der Waals surface area contributed by atoms with E-state index in [9.17, 15) is 31.0 Å². The molecule has 0 fully saturated rings. The molecule has 17 N–H and O–H groups in total. The molecule has 0 heterocycles. The number of aromatic hydroxyl groups is 1. The van der Waals surface area contributed by atoms with E-state index < -0.39 is 30.0 Å². The first-order valence-corrected chi connectivity index (χ1v) is 7.59. The molecule has 18 heteroatoms. The molecule has 0 saturated heterocycles. The molecule has 15 nitrogen and oxygen atoms in total. The Balaban J connectivity index is -0.0000000741. The van der Waals surface area contributed by atoms with Crippen LogP contribution in [0.15, 0.2) is 40.1 Å². The molecule has 0 aliphatic rings.